The van der Waals surface area contributed by atoms with E-state index in [4.69, 9.17) is 0 Å². The number of halogens is 3. The van der Waals surface area contributed by atoms with E-state index in [2.05, 4.69) is 14.4 Å². The fourth-order valence-corrected chi connectivity index (χ4v) is 2.61. The molecule has 1 N–H and O–H groups in total. The summed E-state index contributed by atoms with van der Waals surface area (Å²) in [7, 11) is -3.91. The number of nitrogens with one attached hydrogen (secondary N) is 1. The van der Waals surface area contributed by atoms with E-state index in [-0.39, 0.29) is 10.6 Å². The van der Waals surface area contributed by atoms with Crippen molar-refractivity contribution in [1.29, 1.82) is 0 Å². The number of sulfonamides is 1. The molecule has 0 spiro atoms. The summed E-state index contributed by atoms with van der Waals surface area (Å²) in [4.78, 5) is 3.75. The minimum Gasteiger partial charge on any atom is -0.406 e. The highest BCUT2D eigenvalue weighted by molar-refractivity contribution is 7.92. The van der Waals surface area contributed by atoms with E-state index in [1.54, 1.807) is 13.0 Å². The van der Waals surface area contributed by atoms with Crippen molar-refractivity contribution in [2.24, 2.45) is 0 Å². The molecule has 2 rings (SSSR count). The molecular formula is C13H11F3N2O3S. The van der Waals surface area contributed by atoms with Crippen molar-refractivity contribution >= 4 is 15.7 Å². The standard InChI is InChI=1S/C13H11F3N2O3S/c1-9-2-3-10(8-17-9)18-22(19,20)12-6-4-11(5-7-12)21-13(14,15)16/h2-8,18H,1H3. The molecule has 0 unspecified atom stereocenters. The zero-order valence-electron chi connectivity index (χ0n) is 11.3. The number of rotatable bonds is 4. The average molecular weight is 332 g/mol. The van der Waals surface area contributed by atoms with Crippen LogP contribution < -0.4 is 9.46 Å². The molecule has 0 bridgehead atoms. The predicted octanol–water partition coefficient (Wildman–Crippen LogP) is 3.09. The first-order valence-electron chi connectivity index (χ1n) is 5.97. The molecule has 0 atom stereocenters. The molecule has 0 saturated carbocycles. The van der Waals surface area contributed by atoms with Gasteiger partial charge < -0.3 is 4.74 Å². The van der Waals surface area contributed by atoms with Crippen molar-refractivity contribution in [2.75, 3.05) is 4.72 Å². The van der Waals surface area contributed by atoms with E-state index in [1.807, 2.05) is 0 Å². The molecule has 9 heteroatoms. The molecule has 118 valence electrons. The van der Waals surface area contributed by atoms with Crippen LogP contribution in [0.3, 0.4) is 0 Å². The maximum Gasteiger partial charge on any atom is 0.573 e. The lowest BCUT2D eigenvalue weighted by molar-refractivity contribution is -0.274. The highest BCUT2D eigenvalue weighted by Gasteiger charge is 2.31. The average Bonchev–Trinajstić information content (AvgIpc) is 2.40. The van der Waals surface area contributed by atoms with Crippen molar-refractivity contribution in [3.05, 3.63) is 48.3 Å². The van der Waals surface area contributed by atoms with Crippen LogP contribution in [0.4, 0.5) is 18.9 Å². The molecule has 0 amide bonds. The zero-order valence-corrected chi connectivity index (χ0v) is 12.1. The van der Waals surface area contributed by atoms with Crippen LogP contribution in [-0.2, 0) is 10.0 Å². The number of aryl methyl sites for hydroxylation is 1. The third-order valence-electron chi connectivity index (χ3n) is 2.53. The summed E-state index contributed by atoms with van der Waals surface area (Å²) < 4.78 is 66.2. The highest BCUT2D eigenvalue weighted by atomic mass is 32.2. The number of hydrogen-bond acceptors (Lipinski definition) is 4. The molecule has 1 aromatic heterocycles. The number of alkyl halides is 3. The van der Waals surface area contributed by atoms with Gasteiger partial charge in [-0.05, 0) is 43.3 Å². The van der Waals surface area contributed by atoms with Crippen LogP contribution in [0.2, 0.25) is 0 Å². The molecule has 0 radical (unpaired) electrons. The van der Waals surface area contributed by atoms with Crippen molar-refractivity contribution in [3.8, 4) is 5.75 Å². The summed E-state index contributed by atoms with van der Waals surface area (Å²) >= 11 is 0. The summed E-state index contributed by atoms with van der Waals surface area (Å²) in [6.45, 7) is 1.75. The van der Waals surface area contributed by atoms with Crippen LogP contribution >= 0.6 is 0 Å². The Labute approximate surface area is 124 Å². The Balaban J connectivity index is 2.17. The van der Waals surface area contributed by atoms with Crippen molar-refractivity contribution < 1.29 is 26.3 Å². The highest BCUT2D eigenvalue weighted by Crippen LogP contribution is 2.24. The van der Waals surface area contributed by atoms with Gasteiger partial charge in [-0.15, -0.1) is 13.2 Å². The van der Waals surface area contributed by atoms with E-state index >= 15 is 0 Å². The smallest absolute Gasteiger partial charge is 0.406 e. The normalized spacial score (nSPS) is 12.0. The van der Waals surface area contributed by atoms with Gasteiger partial charge in [0.2, 0.25) is 0 Å². The lowest BCUT2D eigenvalue weighted by Crippen LogP contribution is -2.17. The number of ether oxygens (including phenoxy) is 1. The van der Waals surface area contributed by atoms with Crippen molar-refractivity contribution in [1.82, 2.24) is 4.98 Å². The molecule has 0 saturated heterocycles. The maximum atomic E-state index is 12.1. The first-order valence-corrected chi connectivity index (χ1v) is 7.45. The van der Waals surface area contributed by atoms with E-state index in [0.29, 0.717) is 0 Å². The van der Waals surface area contributed by atoms with Gasteiger partial charge >= 0.3 is 6.36 Å². The fourth-order valence-electron chi connectivity index (χ4n) is 1.56. The van der Waals surface area contributed by atoms with Crippen LogP contribution in [0.25, 0.3) is 0 Å². The number of hydrogen-bond donors (Lipinski definition) is 1. The monoisotopic (exact) mass is 332 g/mol. The van der Waals surface area contributed by atoms with Crippen LogP contribution in [0.5, 0.6) is 5.75 Å². The Morgan fingerprint density at radius 2 is 1.73 bits per heavy atom. The van der Waals surface area contributed by atoms with Gasteiger partial charge in [0.1, 0.15) is 5.75 Å². The van der Waals surface area contributed by atoms with E-state index in [1.165, 1.54) is 12.3 Å². The third kappa shape index (κ3) is 4.35. The van der Waals surface area contributed by atoms with Crippen LogP contribution in [0.15, 0.2) is 47.5 Å². The number of aromatic nitrogens is 1. The third-order valence-corrected chi connectivity index (χ3v) is 3.93. The van der Waals surface area contributed by atoms with Gasteiger partial charge in [-0.3, -0.25) is 9.71 Å². The Morgan fingerprint density at radius 1 is 1.09 bits per heavy atom. The molecule has 5 nitrogen and oxygen atoms in total. The second-order valence-corrected chi connectivity index (χ2v) is 6.00. The number of pyridine rings is 1. The molecular weight excluding hydrogens is 321 g/mol. The van der Waals surface area contributed by atoms with Gasteiger partial charge in [0.25, 0.3) is 10.0 Å². The maximum absolute atomic E-state index is 12.1. The predicted molar refractivity (Wildman–Crippen MR) is 72.9 cm³/mol. The molecule has 0 fully saturated rings. The van der Waals surface area contributed by atoms with Crippen LogP contribution in [-0.4, -0.2) is 19.8 Å². The lowest BCUT2D eigenvalue weighted by atomic mass is 10.3. The van der Waals surface area contributed by atoms with E-state index < -0.39 is 22.1 Å². The first-order chi connectivity index (χ1) is 10.2. The fraction of sp³-hybridized carbons (Fsp3) is 0.154. The number of benzene rings is 1. The number of anilines is 1. The van der Waals surface area contributed by atoms with Gasteiger partial charge in [-0.2, -0.15) is 0 Å². The van der Waals surface area contributed by atoms with E-state index in [9.17, 15) is 21.6 Å². The summed E-state index contributed by atoms with van der Waals surface area (Å²) in [5.41, 5.74) is 0.970. The Kier molecular flexibility index (Phi) is 4.27. The van der Waals surface area contributed by atoms with Gasteiger partial charge in [0, 0.05) is 5.69 Å². The molecule has 0 aliphatic carbocycles. The van der Waals surface area contributed by atoms with Crippen molar-refractivity contribution in [3.63, 3.8) is 0 Å². The zero-order chi connectivity index (χ0) is 16.4. The topological polar surface area (TPSA) is 68.3 Å². The van der Waals surface area contributed by atoms with Gasteiger partial charge in [0.15, 0.2) is 0 Å². The summed E-state index contributed by atoms with van der Waals surface area (Å²) in [6, 6.07) is 7.04. The molecule has 0 aliphatic heterocycles. The van der Waals surface area contributed by atoms with E-state index in [0.717, 1.165) is 30.0 Å². The second-order valence-electron chi connectivity index (χ2n) is 4.31. The SMILES string of the molecule is Cc1ccc(NS(=O)(=O)c2ccc(OC(F)(F)F)cc2)cn1. The Bertz CT molecular complexity index is 742. The van der Waals surface area contributed by atoms with Crippen LogP contribution in [0.1, 0.15) is 5.69 Å². The molecule has 1 aromatic carbocycles. The molecule has 1 heterocycles. The van der Waals surface area contributed by atoms with Gasteiger partial charge in [0.05, 0.1) is 16.8 Å². The summed E-state index contributed by atoms with van der Waals surface area (Å²) in [6.07, 6.45) is -3.49. The van der Waals surface area contributed by atoms with Crippen LogP contribution in [0, 0.1) is 6.92 Å². The number of nitrogens with zero attached hydrogens (tertiary/aromatic N) is 1. The Morgan fingerprint density at radius 3 is 2.23 bits per heavy atom. The minimum absolute atomic E-state index is 0.192. The molecule has 22 heavy (non-hydrogen) atoms. The van der Waals surface area contributed by atoms with Crippen molar-refractivity contribution in [2.45, 2.75) is 18.2 Å². The second kappa shape index (κ2) is 5.84. The van der Waals surface area contributed by atoms with Gasteiger partial charge in [-0.1, -0.05) is 0 Å². The summed E-state index contributed by atoms with van der Waals surface area (Å²) in [5, 5.41) is 0. The Hall–Kier alpha value is -2.29. The summed E-state index contributed by atoms with van der Waals surface area (Å²) in [5.74, 6) is -0.497. The minimum atomic E-state index is -4.83. The first kappa shape index (κ1) is 16.1. The molecule has 0 aliphatic rings. The molecule has 2 aromatic rings. The van der Waals surface area contributed by atoms with Gasteiger partial charge in [-0.25, -0.2) is 8.42 Å². The quantitative estimate of drug-likeness (QED) is 0.934. The largest absolute Gasteiger partial charge is 0.573 e. The lowest BCUT2D eigenvalue weighted by Gasteiger charge is -2.10.